The minimum Gasteiger partial charge on any atom is -0.503 e. The first kappa shape index (κ1) is 14.0. The standard InChI is InChI=1S/C15H16O5/c1-2-3-4-5-9-19-10-7-6-8-11-12(10)13(16)14(17)15(18)20-11/h3-4,6-8,16-17H,2,5,9H2,1H3. The summed E-state index contributed by atoms with van der Waals surface area (Å²) in [6, 6.07) is 4.82. The van der Waals surface area contributed by atoms with Crippen molar-refractivity contribution in [2.75, 3.05) is 6.61 Å². The Kier molecular flexibility index (Phi) is 4.30. The molecule has 2 rings (SSSR count). The summed E-state index contributed by atoms with van der Waals surface area (Å²) in [5.41, 5.74) is -0.801. The van der Waals surface area contributed by atoms with Gasteiger partial charge in [0.15, 0.2) is 5.75 Å². The van der Waals surface area contributed by atoms with Crippen LogP contribution in [0.2, 0.25) is 0 Å². The zero-order valence-corrected chi connectivity index (χ0v) is 11.1. The first-order valence-corrected chi connectivity index (χ1v) is 6.40. The third-order valence-corrected chi connectivity index (χ3v) is 2.79. The van der Waals surface area contributed by atoms with Gasteiger partial charge in [0.1, 0.15) is 16.7 Å². The number of benzene rings is 1. The van der Waals surface area contributed by atoms with E-state index in [0.717, 1.165) is 12.8 Å². The van der Waals surface area contributed by atoms with Gasteiger partial charge in [-0.05, 0) is 25.0 Å². The molecule has 0 aliphatic heterocycles. The molecule has 2 aromatic rings. The quantitative estimate of drug-likeness (QED) is 0.498. The highest BCUT2D eigenvalue weighted by atomic mass is 16.5. The average molecular weight is 276 g/mol. The van der Waals surface area contributed by atoms with Crippen molar-refractivity contribution in [2.45, 2.75) is 19.8 Å². The Morgan fingerprint density at radius 1 is 1.25 bits per heavy atom. The van der Waals surface area contributed by atoms with E-state index in [1.54, 1.807) is 12.1 Å². The number of allylic oxidation sites excluding steroid dienone is 1. The van der Waals surface area contributed by atoms with Crippen LogP contribution in [0.5, 0.6) is 17.2 Å². The molecule has 0 radical (unpaired) electrons. The first-order chi connectivity index (χ1) is 9.65. The van der Waals surface area contributed by atoms with Crippen molar-refractivity contribution >= 4 is 11.0 Å². The topological polar surface area (TPSA) is 79.9 Å². The third kappa shape index (κ3) is 2.77. The smallest absolute Gasteiger partial charge is 0.382 e. The summed E-state index contributed by atoms with van der Waals surface area (Å²) in [5, 5.41) is 19.5. The van der Waals surface area contributed by atoms with Gasteiger partial charge in [-0.3, -0.25) is 0 Å². The van der Waals surface area contributed by atoms with Gasteiger partial charge in [0.05, 0.1) is 6.61 Å². The zero-order valence-electron chi connectivity index (χ0n) is 11.1. The second-order valence-electron chi connectivity index (χ2n) is 4.23. The molecule has 1 aromatic carbocycles. The lowest BCUT2D eigenvalue weighted by atomic mass is 10.2. The predicted octanol–water partition coefficient (Wildman–Crippen LogP) is 2.94. The summed E-state index contributed by atoms with van der Waals surface area (Å²) >= 11 is 0. The molecule has 0 bridgehead atoms. The molecule has 1 aromatic heterocycles. The van der Waals surface area contributed by atoms with Crippen LogP contribution in [0.3, 0.4) is 0 Å². The second kappa shape index (κ2) is 6.14. The largest absolute Gasteiger partial charge is 0.503 e. The van der Waals surface area contributed by atoms with Gasteiger partial charge in [0.2, 0.25) is 5.75 Å². The van der Waals surface area contributed by atoms with Crippen LogP contribution in [0.15, 0.2) is 39.6 Å². The van der Waals surface area contributed by atoms with Crippen LogP contribution in [0.1, 0.15) is 19.8 Å². The monoisotopic (exact) mass is 276 g/mol. The van der Waals surface area contributed by atoms with Gasteiger partial charge in [-0.1, -0.05) is 25.1 Å². The highest BCUT2D eigenvalue weighted by molar-refractivity contribution is 5.90. The lowest BCUT2D eigenvalue weighted by Crippen LogP contribution is -2.01. The van der Waals surface area contributed by atoms with E-state index < -0.39 is 17.1 Å². The van der Waals surface area contributed by atoms with E-state index in [2.05, 4.69) is 0 Å². The van der Waals surface area contributed by atoms with Gasteiger partial charge in [0.25, 0.3) is 0 Å². The molecular formula is C15H16O5. The highest BCUT2D eigenvalue weighted by Crippen LogP contribution is 2.36. The molecule has 0 amide bonds. The molecule has 5 heteroatoms. The van der Waals surface area contributed by atoms with E-state index in [1.165, 1.54) is 6.07 Å². The van der Waals surface area contributed by atoms with Crippen LogP contribution < -0.4 is 10.4 Å². The Hall–Kier alpha value is -2.43. The van der Waals surface area contributed by atoms with E-state index >= 15 is 0 Å². The Balaban J connectivity index is 2.32. The van der Waals surface area contributed by atoms with Crippen LogP contribution in [0, 0.1) is 0 Å². The maximum absolute atomic E-state index is 11.3. The Morgan fingerprint density at radius 3 is 2.80 bits per heavy atom. The molecule has 0 spiro atoms. The van der Waals surface area contributed by atoms with Crippen molar-refractivity contribution in [3.63, 3.8) is 0 Å². The van der Waals surface area contributed by atoms with Crippen molar-refractivity contribution in [2.24, 2.45) is 0 Å². The van der Waals surface area contributed by atoms with E-state index in [0.29, 0.717) is 12.4 Å². The fourth-order valence-electron chi connectivity index (χ4n) is 1.83. The number of hydrogen-bond donors (Lipinski definition) is 2. The first-order valence-electron chi connectivity index (χ1n) is 6.40. The fraction of sp³-hybridized carbons (Fsp3) is 0.267. The van der Waals surface area contributed by atoms with Crippen molar-refractivity contribution < 1.29 is 19.4 Å². The van der Waals surface area contributed by atoms with Gasteiger partial charge >= 0.3 is 5.63 Å². The molecular weight excluding hydrogens is 260 g/mol. The molecule has 0 atom stereocenters. The van der Waals surface area contributed by atoms with Crippen molar-refractivity contribution in [3.05, 3.63) is 40.8 Å². The van der Waals surface area contributed by atoms with Crippen LogP contribution in [0.4, 0.5) is 0 Å². The SMILES string of the molecule is CCC=CCCOc1cccc2oc(=O)c(O)c(O)c12. The normalized spacial score (nSPS) is 11.2. The molecule has 106 valence electrons. The number of aromatic hydroxyl groups is 2. The maximum Gasteiger partial charge on any atom is 0.382 e. The molecule has 0 unspecified atom stereocenters. The van der Waals surface area contributed by atoms with Crippen LogP contribution in [-0.2, 0) is 0 Å². The van der Waals surface area contributed by atoms with Crippen LogP contribution >= 0.6 is 0 Å². The summed E-state index contributed by atoms with van der Waals surface area (Å²) in [7, 11) is 0. The predicted molar refractivity (Wildman–Crippen MR) is 75.4 cm³/mol. The highest BCUT2D eigenvalue weighted by Gasteiger charge is 2.16. The molecule has 0 saturated heterocycles. The minimum absolute atomic E-state index is 0.173. The maximum atomic E-state index is 11.3. The van der Waals surface area contributed by atoms with E-state index in [1.807, 2.05) is 19.1 Å². The fourth-order valence-corrected chi connectivity index (χ4v) is 1.83. The van der Waals surface area contributed by atoms with Gasteiger partial charge in [0, 0.05) is 0 Å². The van der Waals surface area contributed by atoms with Gasteiger partial charge in [-0.15, -0.1) is 0 Å². The molecule has 0 saturated carbocycles. The lowest BCUT2D eigenvalue weighted by molar-refractivity contribution is 0.325. The molecule has 1 heterocycles. The zero-order chi connectivity index (χ0) is 14.5. The van der Waals surface area contributed by atoms with Crippen molar-refractivity contribution in [3.8, 4) is 17.2 Å². The number of ether oxygens (including phenoxy) is 1. The lowest BCUT2D eigenvalue weighted by Gasteiger charge is -2.09. The summed E-state index contributed by atoms with van der Waals surface area (Å²) in [4.78, 5) is 11.3. The van der Waals surface area contributed by atoms with Gasteiger partial charge < -0.3 is 19.4 Å². The molecule has 20 heavy (non-hydrogen) atoms. The summed E-state index contributed by atoms with van der Waals surface area (Å²) in [6.45, 7) is 2.47. The Labute approximate surface area is 115 Å². The van der Waals surface area contributed by atoms with Gasteiger partial charge in [-0.25, -0.2) is 4.79 Å². The van der Waals surface area contributed by atoms with Gasteiger partial charge in [-0.2, -0.15) is 0 Å². The summed E-state index contributed by atoms with van der Waals surface area (Å²) in [5.74, 6) is -0.959. The number of hydrogen-bond acceptors (Lipinski definition) is 5. The second-order valence-corrected chi connectivity index (χ2v) is 4.23. The molecule has 5 nitrogen and oxygen atoms in total. The number of rotatable bonds is 5. The summed E-state index contributed by atoms with van der Waals surface area (Å²) < 4.78 is 10.5. The Bertz CT molecular complexity index is 684. The van der Waals surface area contributed by atoms with E-state index in [4.69, 9.17) is 9.15 Å². The molecule has 0 aliphatic carbocycles. The Morgan fingerprint density at radius 2 is 2.05 bits per heavy atom. The number of fused-ring (bicyclic) bond motifs is 1. The van der Waals surface area contributed by atoms with Crippen LogP contribution in [0.25, 0.3) is 11.0 Å². The molecule has 2 N–H and O–H groups in total. The van der Waals surface area contributed by atoms with Crippen molar-refractivity contribution in [1.82, 2.24) is 0 Å². The molecule has 0 fully saturated rings. The van der Waals surface area contributed by atoms with E-state index in [-0.39, 0.29) is 11.0 Å². The van der Waals surface area contributed by atoms with Crippen LogP contribution in [-0.4, -0.2) is 16.8 Å². The molecule has 0 aliphatic rings. The van der Waals surface area contributed by atoms with E-state index in [9.17, 15) is 15.0 Å². The minimum atomic E-state index is -0.974. The third-order valence-electron chi connectivity index (χ3n) is 2.79. The average Bonchev–Trinajstić information content (AvgIpc) is 2.44. The van der Waals surface area contributed by atoms with Crippen molar-refractivity contribution in [1.29, 1.82) is 0 Å². The summed E-state index contributed by atoms with van der Waals surface area (Å²) in [6.07, 6.45) is 5.74.